The first-order valence-electron chi connectivity index (χ1n) is 8.15. The van der Waals surface area contributed by atoms with E-state index in [1.807, 2.05) is 25.5 Å². The van der Waals surface area contributed by atoms with Crippen LogP contribution in [0.4, 0.5) is 4.79 Å². The molecule has 3 N–H and O–H groups in total. The molecule has 1 aliphatic rings. The molecule has 0 saturated heterocycles. The number of fused-ring (bicyclic) bond motifs is 1. The molecule has 0 aliphatic carbocycles. The topological polar surface area (TPSA) is 92.1 Å². The molecule has 0 saturated carbocycles. The Kier molecular flexibility index (Phi) is 5.76. The molecule has 1 aliphatic heterocycles. The zero-order valence-corrected chi connectivity index (χ0v) is 13.7. The van der Waals surface area contributed by atoms with Crippen LogP contribution in [0.15, 0.2) is 0 Å². The maximum absolute atomic E-state index is 12.0. The summed E-state index contributed by atoms with van der Waals surface area (Å²) < 4.78 is 1.89. The highest BCUT2D eigenvalue weighted by atomic mass is 16.3. The number of urea groups is 1. The zero-order chi connectivity index (χ0) is 16.1. The molecule has 2 heterocycles. The highest BCUT2D eigenvalue weighted by Crippen LogP contribution is 2.22. The van der Waals surface area contributed by atoms with Crippen LogP contribution in [0.25, 0.3) is 0 Å². The number of rotatable bonds is 6. The summed E-state index contributed by atoms with van der Waals surface area (Å²) in [5.41, 5.74) is 0. The lowest BCUT2D eigenvalue weighted by molar-refractivity contribution is 0.146. The van der Waals surface area contributed by atoms with Crippen molar-refractivity contribution in [3.8, 4) is 0 Å². The molecule has 0 bridgehead atoms. The summed E-state index contributed by atoms with van der Waals surface area (Å²) >= 11 is 0. The average molecular weight is 309 g/mol. The van der Waals surface area contributed by atoms with Crippen LogP contribution < -0.4 is 10.6 Å². The van der Waals surface area contributed by atoms with Gasteiger partial charge in [-0.15, -0.1) is 0 Å². The van der Waals surface area contributed by atoms with Crippen LogP contribution in [0.3, 0.4) is 0 Å². The summed E-state index contributed by atoms with van der Waals surface area (Å²) in [7, 11) is 0. The number of aliphatic hydroxyl groups excluding tert-OH is 1. The van der Waals surface area contributed by atoms with Gasteiger partial charge < -0.3 is 15.7 Å². The Morgan fingerprint density at radius 2 is 2.27 bits per heavy atom. The van der Waals surface area contributed by atoms with Gasteiger partial charge in [-0.05, 0) is 25.2 Å². The fourth-order valence-corrected chi connectivity index (χ4v) is 2.73. The lowest BCUT2D eigenvalue weighted by Gasteiger charge is -2.23. The van der Waals surface area contributed by atoms with Crippen LogP contribution in [0, 0.1) is 5.92 Å². The van der Waals surface area contributed by atoms with Crippen molar-refractivity contribution in [3.05, 3.63) is 11.6 Å². The second-order valence-corrected chi connectivity index (χ2v) is 6.30. The van der Waals surface area contributed by atoms with Crippen molar-refractivity contribution in [2.24, 2.45) is 5.92 Å². The number of nitrogens with one attached hydrogen (secondary N) is 2. The summed E-state index contributed by atoms with van der Waals surface area (Å²) in [6.07, 6.45) is 2.80. The van der Waals surface area contributed by atoms with Crippen molar-refractivity contribution in [3.63, 3.8) is 0 Å². The van der Waals surface area contributed by atoms with E-state index in [2.05, 4.69) is 20.7 Å². The second-order valence-electron chi connectivity index (χ2n) is 6.30. The van der Waals surface area contributed by atoms with E-state index >= 15 is 0 Å². The van der Waals surface area contributed by atoms with Crippen molar-refractivity contribution in [2.75, 3.05) is 6.54 Å². The third-order valence-electron chi connectivity index (χ3n) is 3.78. The van der Waals surface area contributed by atoms with E-state index in [4.69, 9.17) is 0 Å². The number of carbonyl (C=O) groups excluding carboxylic acids is 1. The van der Waals surface area contributed by atoms with Gasteiger partial charge in [-0.2, -0.15) is 5.10 Å². The average Bonchev–Trinajstić information content (AvgIpc) is 2.89. The molecule has 2 rings (SSSR count). The highest BCUT2D eigenvalue weighted by molar-refractivity contribution is 5.74. The van der Waals surface area contributed by atoms with E-state index in [1.54, 1.807) is 0 Å². The van der Waals surface area contributed by atoms with Crippen molar-refractivity contribution in [1.29, 1.82) is 0 Å². The lowest BCUT2D eigenvalue weighted by atomic mass is 10.1. The van der Waals surface area contributed by atoms with E-state index in [9.17, 15) is 9.90 Å². The van der Waals surface area contributed by atoms with Crippen LogP contribution in [-0.4, -0.2) is 38.6 Å². The van der Waals surface area contributed by atoms with Gasteiger partial charge >= 0.3 is 6.03 Å². The Morgan fingerprint density at radius 3 is 2.95 bits per heavy atom. The van der Waals surface area contributed by atoms with Crippen molar-refractivity contribution in [1.82, 2.24) is 25.4 Å². The fraction of sp³-hybridized carbons (Fsp3) is 0.800. The van der Waals surface area contributed by atoms with E-state index in [1.165, 1.54) is 0 Å². The number of amides is 2. The number of nitrogens with zero attached hydrogens (tertiary/aromatic N) is 3. The first-order chi connectivity index (χ1) is 10.5. The van der Waals surface area contributed by atoms with Gasteiger partial charge in [-0.1, -0.05) is 20.8 Å². The normalized spacial score (nSPS) is 18.9. The minimum Gasteiger partial charge on any atom is -0.391 e. The van der Waals surface area contributed by atoms with Crippen LogP contribution in [0.2, 0.25) is 0 Å². The van der Waals surface area contributed by atoms with Crippen LogP contribution in [0.5, 0.6) is 0 Å². The number of aromatic nitrogens is 3. The molecule has 2 atom stereocenters. The molecule has 124 valence electrons. The number of hydrogen-bond acceptors (Lipinski definition) is 4. The molecule has 2 unspecified atom stereocenters. The van der Waals surface area contributed by atoms with Gasteiger partial charge in [0.15, 0.2) is 5.82 Å². The van der Waals surface area contributed by atoms with Crippen molar-refractivity contribution < 1.29 is 9.90 Å². The largest absolute Gasteiger partial charge is 0.391 e. The summed E-state index contributed by atoms with van der Waals surface area (Å²) in [6.45, 7) is 7.23. The van der Waals surface area contributed by atoms with Crippen molar-refractivity contribution >= 4 is 6.03 Å². The maximum Gasteiger partial charge on any atom is 0.315 e. The Bertz CT molecular complexity index is 500. The lowest BCUT2D eigenvalue weighted by Crippen LogP contribution is -2.43. The molecular weight excluding hydrogens is 282 g/mol. The first kappa shape index (κ1) is 16.7. The molecule has 7 nitrogen and oxygen atoms in total. The monoisotopic (exact) mass is 309 g/mol. The van der Waals surface area contributed by atoms with E-state index in [-0.39, 0.29) is 18.6 Å². The third-order valence-corrected chi connectivity index (χ3v) is 3.78. The van der Waals surface area contributed by atoms with Gasteiger partial charge in [0.1, 0.15) is 5.82 Å². The van der Waals surface area contributed by atoms with E-state index in [0.29, 0.717) is 12.3 Å². The minimum atomic E-state index is -0.507. The molecular formula is C15H27N5O2. The van der Waals surface area contributed by atoms with Crippen LogP contribution in [0.1, 0.15) is 57.7 Å². The number of aryl methyl sites for hydroxylation is 2. The molecule has 7 heteroatoms. The zero-order valence-electron chi connectivity index (χ0n) is 13.7. The molecule has 22 heavy (non-hydrogen) atoms. The summed E-state index contributed by atoms with van der Waals surface area (Å²) in [5, 5.41) is 19.9. The van der Waals surface area contributed by atoms with Crippen molar-refractivity contribution in [2.45, 2.75) is 65.1 Å². The Morgan fingerprint density at radius 1 is 1.50 bits per heavy atom. The minimum absolute atomic E-state index is 0.108. The molecule has 0 spiro atoms. The van der Waals surface area contributed by atoms with Gasteiger partial charge in [0.25, 0.3) is 0 Å². The van der Waals surface area contributed by atoms with Gasteiger partial charge in [0, 0.05) is 19.5 Å². The molecule has 1 aromatic heterocycles. The van der Waals surface area contributed by atoms with E-state index < -0.39 is 6.10 Å². The first-order valence-corrected chi connectivity index (χ1v) is 8.15. The van der Waals surface area contributed by atoms with Gasteiger partial charge in [0.05, 0.1) is 12.1 Å². The summed E-state index contributed by atoms with van der Waals surface area (Å²) in [5.74, 6) is 2.06. The molecule has 0 radical (unpaired) electrons. The highest BCUT2D eigenvalue weighted by Gasteiger charge is 2.25. The van der Waals surface area contributed by atoms with E-state index in [0.717, 1.165) is 37.5 Å². The van der Waals surface area contributed by atoms with Gasteiger partial charge in [-0.3, -0.25) is 0 Å². The van der Waals surface area contributed by atoms with Gasteiger partial charge in [-0.25, -0.2) is 14.5 Å². The molecule has 0 aromatic carbocycles. The predicted molar refractivity (Wildman–Crippen MR) is 83.4 cm³/mol. The van der Waals surface area contributed by atoms with Gasteiger partial charge in [0.2, 0.25) is 0 Å². The van der Waals surface area contributed by atoms with Crippen LogP contribution >= 0.6 is 0 Å². The SMILES string of the molecule is CCc1nc2n(n1)CCCC2NC(=O)NCC(O)CC(C)C. The standard InChI is InChI=1S/C15H27N5O2/c1-4-13-18-14-12(6-5-7-20(14)19-13)17-15(22)16-9-11(21)8-10(2)3/h10-12,21H,4-9H2,1-3H3,(H2,16,17,22). The Balaban J connectivity index is 1.86. The summed E-state index contributed by atoms with van der Waals surface area (Å²) in [4.78, 5) is 16.5. The Hall–Kier alpha value is -1.63. The second kappa shape index (κ2) is 7.58. The number of carbonyl (C=O) groups is 1. The van der Waals surface area contributed by atoms with Crippen LogP contribution in [-0.2, 0) is 13.0 Å². The molecule has 0 fully saturated rings. The number of hydrogen-bond donors (Lipinski definition) is 3. The summed E-state index contributed by atoms with van der Waals surface area (Å²) in [6, 6.07) is -0.369. The Labute approximate surface area is 131 Å². The predicted octanol–water partition coefficient (Wildman–Crippen LogP) is 1.38. The third kappa shape index (κ3) is 4.43. The quantitative estimate of drug-likeness (QED) is 0.740. The smallest absolute Gasteiger partial charge is 0.315 e. The maximum atomic E-state index is 12.0. The fourth-order valence-electron chi connectivity index (χ4n) is 2.73. The molecule has 2 amide bonds. The number of aliphatic hydroxyl groups is 1. The molecule has 1 aromatic rings.